The van der Waals surface area contributed by atoms with Gasteiger partial charge in [-0.3, -0.25) is 0 Å². The van der Waals surface area contributed by atoms with Gasteiger partial charge in [-0.1, -0.05) is 26.8 Å². The molecule has 1 aliphatic carbocycles. The molecule has 0 unspecified atom stereocenters. The average Bonchev–Trinajstić information content (AvgIpc) is 2.26. The fraction of sp³-hybridized carbons (Fsp3) is 0.800. The van der Waals surface area contributed by atoms with E-state index in [4.69, 9.17) is 4.74 Å². The summed E-state index contributed by atoms with van der Waals surface area (Å²) in [6.45, 7) is 9.27. The highest BCUT2D eigenvalue weighted by Crippen LogP contribution is 2.40. The molecule has 0 aromatic carbocycles. The van der Waals surface area contributed by atoms with Crippen molar-refractivity contribution in [3.8, 4) is 0 Å². The third kappa shape index (κ3) is 4.93. The Morgan fingerprint density at radius 1 is 1.24 bits per heavy atom. The minimum Gasteiger partial charge on any atom is -0.463 e. The number of carbonyl (C=O) groups excluding carboxylic acids is 1. The summed E-state index contributed by atoms with van der Waals surface area (Å²) in [7, 11) is 0. The molecule has 0 radical (unpaired) electrons. The largest absolute Gasteiger partial charge is 0.463 e. The zero-order chi connectivity index (χ0) is 12.9. The van der Waals surface area contributed by atoms with E-state index in [-0.39, 0.29) is 5.97 Å². The van der Waals surface area contributed by atoms with Crippen LogP contribution >= 0.6 is 0 Å². The predicted octanol–water partition coefficient (Wildman–Crippen LogP) is 3.96. The Labute approximate surface area is 105 Å². The molecule has 1 fully saturated rings. The summed E-state index contributed by atoms with van der Waals surface area (Å²) in [5, 5.41) is 0. The number of hydrogen-bond donors (Lipinski definition) is 0. The van der Waals surface area contributed by atoms with Gasteiger partial charge in [-0.15, -0.1) is 0 Å². The normalized spacial score (nSPS) is 26.1. The van der Waals surface area contributed by atoms with E-state index in [1.54, 1.807) is 6.08 Å². The first-order chi connectivity index (χ1) is 7.93. The molecule has 1 rings (SSSR count). The van der Waals surface area contributed by atoms with Crippen molar-refractivity contribution in [1.29, 1.82) is 0 Å². The number of ether oxygens (including phenoxy) is 1. The summed E-state index contributed by atoms with van der Waals surface area (Å²) < 4.78 is 4.88. The third-order valence-electron chi connectivity index (χ3n) is 3.79. The summed E-state index contributed by atoms with van der Waals surface area (Å²) in [5.74, 6) is 1.19. The van der Waals surface area contributed by atoms with Crippen molar-refractivity contribution in [3.05, 3.63) is 12.2 Å². The molecule has 0 N–H and O–H groups in total. The van der Waals surface area contributed by atoms with E-state index in [0.29, 0.717) is 17.9 Å². The molecule has 0 aromatic heterocycles. The Morgan fingerprint density at radius 3 is 2.29 bits per heavy atom. The zero-order valence-corrected chi connectivity index (χ0v) is 11.7. The van der Waals surface area contributed by atoms with Gasteiger partial charge in [0.15, 0.2) is 0 Å². The molecule has 2 heteroatoms. The number of carbonyl (C=O) groups is 1. The summed E-state index contributed by atoms with van der Waals surface area (Å²) in [4.78, 5) is 11.2. The first-order valence-electron chi connectivity index (χ1n) is 6.78. The van der Waals surface area contributed by atoms with E-state index in [9.17, 15) is 4.79 Å². The predicted molar refractivity (Wildman–Crippen MR) is 70.7 cm³/mol. The van der Waals surface area contributed by atoms with Gasteiger partial charge < -0.3 is 4.74 Å². The van der Waals surface area contributed by atoms with Crippen LogP contribution in [0, 0.1) is 17.3 Å². The van der Waals surface area contributed by atoms with Crippen LogP contribution in [0.2, 0.25) is 0 Å². The molecule has 0 aromatic rings. The molecule has 1 saturated carbocycles. The van der Waals surface area contributed by atoms with Crippen LogP contribution in [0.3, 0.4) is 0 Å². The smallest absolute Gasteiger partial charge is 0.330 e. The Balaban J connectivity index is 2.35. The topological polar surface area (TPSA) is 26.3 Å². The lowest BCUT2D eigenvalue weighted by Gasteiger charge is -2.36. The van der Waals surface area contributed by atoms with Crippen molar-refractivity contribution in [1.82, 2.24) is 0 Å². The van der Waals surface area contributed by atoms with E-state index in [1.165, 1.54) is 25.7 Å². The van der Waals surface area contributed by atoms with Crippen LogP contribution in [0.1, 0.15) is 53.4 Å². The number of rotatable bonds is 3. The first kappa shape index (κ1) is 14.3. The van der Waals surface area contributed by atoms with E-state index in [2.05, 4.69) is 20.8 Å². The third-order valence-corrected chi connectivity index (χ3v) is 3.79. The second-order valence-corrected chi connectivity index (χ2v) is 6.09. The standard InChI is InChI=1S/C15H26O2/c1-5-17-14(16)11-8-12-6-9-13(10-7-12)15(2,3)4/h8,11-13H,5-7,9-10H2,1-4H3/t12-,13-. The van der Waals surface area contributed by atoms with Crippen LogP contribution in [0.4, 0.5) is 0 Å². The molecule has 17 heavy (non-hydrogen) atoms. The second-order valence-electron chi connectivity index (χ2n) is 6.09. The minimum atomic E-state index is -0.203. The molecule has 0 amide bonds. The second kappa shape index (κ2) is 6.23. The van der Waals surface area contributed by atoms with Crippen molar-refractivity contribution < 1.29 is 9.53 Å². The summed E-state index contributed by atoms with van der Waals surface area (Å²) in [5.41, 5.74) is 0.426. The summed E-state index contributed by atoms with van der Waals surface area (Å²) >= 11 is 0. The minimum absolute atomic E-state index is 0.203. The van der Waals surface area contributed by atoms with Gasteiger partial charge in [-0.25, -0.2) is 4.79 Å². The highest BCUT2D eigenvalue weighted by atomic mass is 16.5. The molecule has 0 spiro atoms. The van der Waals surface area contributed by atoms with E-state index < -0.39 is 0 Å². The molecular weight excluding hydrogens is 212 g/mol. The molecule has 1 aliphatic rings. The van der Waals surface area contributed by atoms with Crippen molar-refractivity contribution in [3.63, 3.8) is 0 Å². The fourth-order valence-electron chi connectivity index (χ4n) is 2.58. The molecule has 2 nitrogen and oxygen atoms in total. The van der Waals surface area contributed by atoms with Crippen molar-refractivity contribution >= 4 is 5.97 Å². The van der Waals surface area contributed by atoms with E-state index in [0.717, 1.165) is 5.92 Å². The highest BCUT2D eigenvalue weighted by molar-refractivity contribution is 5.81. The van der Waals surface area contributed by atoms with Gasteiger partial charge in [0.05, 0.1) is 6.61 Å². The van der Waals surface area contributed by atoms with Crippen LogP contribution in [-0.2, 0) is 9.53 Å². The van der Waals surface area contributed by atoms with Crippen LogP contribution in [0.15, 0.2) is 12.2 Å². The number of esters is 1. The monoisotopic (exact) mass is 238 g/mol. The van der Waals surface area contributed by atoms with E-state index in [1.807, 2.05) is 13.0 Å². The summed E-state index contributed by atoms with van der Waals surface area (Å²) in [6.07, 6.45) is 8.61. The van der Waals surface area contributed by atoms with Crippen LogP contribution < -0.4 is 0 Å². The fourth-order valence-corrected chi connectivity index (χ4v) is 2.58. The van der Waals surface area contributed by atoms with Crippen molar-refractivity contribution in [2.45, 2.75) is 53.4 Å². The molecule has 0 saturated heterocycles. The average molecular weight is 238 g/mol. The lowest BCUT2D eigenvalue weighted by Crippen LogP contribution is -2.25. The maximum Gasteiger partial charge on any atom is 0.330 e. The molecular formula is C15H26O2. The van der Waals surface area contributed by atoms with Gasteiger partial charge in [-0.05, 0) is 49.9 Å². The number of hydrogen-bond acceptors (Lipinski definition) is 2. The number of allylic oxidation sites excluding steroid dienone is 1. The van der Waals surface area contributed by atoms with E-state index >= 15 is 0 Å². The van der Waals surface area contributed by atoms with Gasteiger partial charge in [0.25, 0.3) is 0 Å². The maximum atomic E-state index is 11.2. The summed E-state index contributed by atoms with van der Waals surface area (Å²) in [6, 6.07) is 0. The van der Waals surface area contributed by atoms with Crippen molar-refractivity contribution in [2.24, 2.45) is 17.3 Å². The van der Waals surface area contributed by atoms with Crippen LogP contribution in [-0.4, -0.2) is 12.6 Å². The molecule has 0 atom stereocenters. The molecule has 0 bridgehead atoms. The molecule has 0 heterocycles. The van der Waals surface area contributed by atoms with Gasteiger partial charge >= 0.3 is 5.97 Å². The van der Waals surface area contributed by atoms with Gasteiger partial charge in [-0.2, -0.15) is 0 Å². The van der Waals surface area contributed by atoms with Crippen LogP contribution in [0.5, 0.6) is 0 Å². The maximum absolute atomic E-state index is 11.2. The Morgan fingerprint density at radius 2 is 1.82 bits per heavy atom. The quantitative estimate of drug-likeness (QED) is 0.549. The van der Waals surface area contributed by atoms with Gasteiger partial charge in [0.1, 0.15) is 0 Å². The first-order valence-corrected chi connectivity index (χ1v) is 6.78. The Hall–Kier alpha value is -0.790. The SMILES string of the molecule is CCOC(=O)C=C[C@H]1CC[C@H](C(C)(C)C)CC1. The lowest BCUT2D eigenvalue weighted by molar-refractivity contribution is -0.137. The van der Waals surface area contributed by atoms with Crippen molar-refractivity contribution in [2.75, 3.05) is 6.61 Å². The Kier molecular flexibility index (Phi) is 5.23. The highest BCUT2D eigenvalue weighted by Gasteiger charge is 2.28. The van der Waals surface area contributed by atoms with Gasteiger partial charge in [0, 0.05) is 6.08 Å². The lowest BCUT2D eigenvalue weighted by atomic mass is 9.70. The van der Waals surface area contributed by atoms with Gasteiger partial charge in [0.2, 0.25) is 0 Å². The Bertz CT molecular complexity index is 265. The molecule has 98 valence electrons. The van der Waals surface area contributed by atoms with Crippen LogP contribution in [0.25, 0.3) is 0 Å². The molecule has 0 aliphatic heterocycles. The zero-order valence-electron chi connectivity index (χ0n) is 11.7.